The summed E-state index contributed by atoms with van der Waals surface area (Å²) in [5.41, 5.74) is 0.412. The summed E-state index contributed by atoms with van der Waals surface area (Å²) in [6.07, 6.45) is 0. The molecule has 100 valence electrons. The number of ether oxygens (including phenoxy) is 1. The number of hydrogen-bond donors (Lipinski definition) is 1. The van der Waals surface area contributed by atoms with Crippen LogP contribution in [0.15, 0.2) is 53.4 Å². The molecule has 0 spiro atoms. The molecule has 2 rings (SSSR count). The molecule has 0 heterocycles. The zero-order valence-electron chi connectivity index (χ0n) is 10.1. The Morgan fingerprint density at radius 2 is 1.84 bits per heavy atom. The highest BCUT2D eigenvalue weighted by Gasteiger charge is 2.14. The molecule has 0 amide bonds. The maximum atomic E-state index is 12.2. The van der Waals surface area contributed by atoms with E-state index in [0.29, 0.717) is 16.5 Å². The Labute approximate surface area is 117 Å². The van der Waals surface area contributed by atoms with Gasteiger partial charge in [-0.1, -0.05) is 23.7 Å². The fraction of sp³-hybridized carbons (Fsp3) is 0.0769. The van der Waals surface area contributed by atoms with Gasteiger partial charge in [0.2, 0.25) is 0 Å². The fourth-order valence-corrected chi connectivity index (χ4v) is 2.81. The van der Waals surface area contributed by atoms with E-state index < -0.39 is 10.0 Å². The standard InChI is InChI=1S/C13H12ClNO3S/c1-18-12-6-3-7-13(9-12)19(16,17)15-11-5-2-4-10(14)8-11/h2-9,15H,1H3. The first kappa shape index (κ1) is 13.7. The number of benzene rings is 2. The van der Waals surface area contributed by atoms with E-state index in [4.69, 9.17) is 16.3 Å². The predicted octanol–water partition coefficient (Wildman–Crippen LogP) is 3.15. The van der Waals surface area contributed by atoms with Crippen molar-refractivity contribution in [2.45, 2.75) is 4.90 Å². The zero-order chi connectivity index (χ0) is 13.9. The average Bonchev–Trinajstić information content (AvgIpc) is 2.38. The summed E-state index contributed by atoms with van der Waals surface area (Å²) in [7, 11) is -2.17. The quantitative estimate of drug-likeness (QED) is 0.943. The summed E-state index contributed by atoms with van der Waals surface area (Å²) >= 11 is 5.81. The fourth-order valence-electron chi connectivity index (χ4n) is 1.53. The molecular formula is C13H12ClNO3S. The van der Waals surface area contributed by atoms with E-state index in [0.717, 1.165) is 0 Å². The molecule has 0 saturated carbocycles. The van der Waals surface area contributed by atoms with Crippen molar-refractivity contribution in [1.82, 2.24) is 0 Å². The van der Waals surface area contributed by atoms with Gasteiger partial charge in [0.15, 0.2) is 0 Å². The van der Waals surface area contributed by atoms with Crippen LogP contribution in [0.5, 0.6) is 5.75 Å². The average molecular weight is 298 g/mol. The highest BCUT2D eigenvalue weighted by Crippen LogP contribution is 2.21. The summed E-state index contributed by atoms with van der Waals surface area (Å²) in [4.78, 5) is 0.131. The van der Waals surface area contributed by atoms with Crippen molar-refractivity contribution in [2.75, 3.05) is 11.8 Å². The number of methoxy groups -OCH3 is 1. The molecule has 6 heteroatoms. The van der Waals surface area contributed by atoms with Gasteiger partial charge >= 0.3 is 0 Å². The molecule has 0 unspecified atom stereocenters. The third kappa shape index (κ3) is 3.39. The Hall–Kier alpha value is -1.72. The van der Waals surface area contributed by atoms with Gasteiger partial charge in [-0.15, -0.1) is 0 Å². The molecule has 2 aromatic carbocycles. The van der Waals surface area contributed by atoms with Crippen LogP contribution in [0.4, 0.5) is 5.69 Å². The molecule has 19 heavy (non-hydrogen) atoms. The number of sulfonamides is 1. The molecule has 0 aliphatic heterocycles. The van der Waals surface area contributed by atoms with E-state index in [1.54, 1.807) is 36.4 Å². The number of hydrogen-bond acceptors (Lipinski definition) is 3. The van der Waals surface area contributed by atoms with E-state index in [2.05, 4.69) is 4.72 Å². The second-order valence-corrected chi connectivity index (χ2v) is 5.91. The highest BCUT2D eigenvalue weighted by molar-refractivity contribution is 7.92. The van der Waals surface area contributed by atoms with Gasteiger partial charge in [0.25, 0.3) is 10.0 Å². The Kier molecular flexibility index (Phi) is 3.97. The van der Waals surface area contributed by atoms with Crippen LogP contribution < -0.4 is 9.46 Å². The van der Waals surface area contributed by atoms with Gasteiger partial charge in [-0.3, -0.25) is 4.72 Å². The molecule has 0 fully saturated rings. The lowest BCUT2D eigenvalue weighted by Crippen LogP contribution is -2.12. The monoisotopic (exact) mass is 297 g/mol. The lowest BCUT2D eigenvalue weighted by atomic mass is 10.3. The van der Waals surface area contributed by atoms with Crippen molar-refractivity contribution in [2.24, 2.45) is 0 Å². The van der Waals surface area contributed by atoms with Crippen LogP contribution in [0.2, 0.25) is 5.02 Å². The summed E-state index contributed by atoms with van der Waals surface area (Å²) in [6, 6.07) is 12.8. The molecule has 1 N–H and O–H groups in total. The van der Waals surface area contributed by atoms with Gasteiger partial charge < -0.3 is 4.74 Å². The minimum Gasteiger partial charge on any atom is -0.497 e. The van der Waals surface area contributed by atoms with E-state index >= 15 is 0 Å². The maximum Gasteiger partial charge on any atom is 0.262 e. The van der Waals surface area contributed by atoms with Crippen molar-refractivity contribution in [3.8, 4) is 5.75 Å². The lowest BCUT2D eigenvalue weighted by molar-refractivity contribution is 0.413. The Morgan fingerprint density at radius 3 is 2.53 bits per heavy atom. The molecule has 0 atom stereocenters. The first-order valence-corrected chi connectivity index (χ1v) is 7.30. The third-order valence-corrected chi connectivity index (χ3v) is 4.04. The zero-order valence-corrected chi connectivity index (χ0v) is 11.7. The number of anilines is 1. The summed E-state index contributed by atoms with van der Waals surface area (Å²) < 4.78 is 31.8. The molecule has 0 bridgehead atoms. The second-order valence-electron chi connectivity index (χ2n) is 3.79. The van der Waals surface area contributed by atoms with Crippen molar-refractivity contribution in [3.63, 3.8) is 0 Å². The molecule has 4 nitrogen and oxygen atoms in total. The van der Waals surface area contributed by atoms with E-state index in [-0.39, 0.29) is 4.90 Å². The molecule has 0 aromatic heterocycles. The highest BCUT2D eigenvalue weighted by atomic mass is 35.5. The minimum atomic E-state index is -3.65. The first-order chi connectivity index (χ1) is 9.01. The number of nitrogens with one attached hydrogen (secondary N) is 1. The van der Waals surface area contributed by atoms with Gasteiger partial charge in [0.1, 0.15) is 5.75 Å². The van der Waals surface area contributed by atoms with Crippen molar-refractivity contribution >= 4 is 27.3 Å². The maximum absolute atomic E-state index is 12.2. The molecule has 0 aliphatic carbocycles. The number of rotatable bonds is 4. The van der Waals surface area contributed by atoms with E-state index in [9.17, 15) is 8.42 Å². The third-order valence-electron chi connectivity index (χ3n) is 2.43. The molecular weight excluding hydrogens is 286 g/mol. The summed E-state index contributed by atoms with van der Waals surface area (Å²) in [5, 5.41) is 0.464. The van der Waals surface area contributed by atoms with Crippen LogP contribution in [0.25, 0.3) is 0 Å². The Balaban J connectivity index is 2.32. The minimum absolute atomic E-state index is 0.131. The van der Waals surface area contributed by atoms with Crippen molar-refractivity contribution < 1.29 is 13.2 Å². The Morgan fingerprint density at radius 1 is 1.11 bits per heavy atom. The first-order valence-electron chi connectivity index (χ1n) is 5.44. The van der Waals surface area contributed by atoms with Gasteiger partial charge in [-0.2, -0.15) is 0 Å². The largest absolute Gasteiger partial charge is 0.497 e. The van der Waals surface area contributed by atoms with Crippen molar-refractivity contribution in [3.05, 3.63) is 53.6 Å². The van der Waals surface area contributed by atoms with E-state index in [1.807, 2.05) is 0 Å². The molecule has 0 aliphatic rings. The summed E-state index contributed by atoms with van der Waals surface area (Å²) in [6.45, 7) is 0. The van der Waals surface area contributed by atoms with Crippen LogP contribution in [0.3, 0.4) is 0 Å². The van der Waals surface area contributed by atoms with Crippen LogP contribution >= 0.6 is 11.6 Å². The van der Waals surface area contributed by atoms with Gasteiger partial charge in [0.05, 0.1) is 17.7 Å². The van der Waals surface area contributed by atoms with Crippen LogP contribution in [0.1, 0.15) is 0 Å². The molecule has 0 radical (unpaired) electrons. The predicted molar refractivity (Wildman–Crippen MR) is 75.3 cm³/mol. The van der Waals surface area contributed by atoms with Gasteiger partial charge in [0, 0.05) is 11.1 Å². The topological polar surface area (TPSA) is 55.4 Å². The van der Waals surface area contributed by atoms with E-state index in [1.165, 1.54) is 19.2 Å². The van der Waals surface area contributed by atoms with Crippen molar-refractivity contribution in [1.29, 1.82) is 0 Å². The number of halogens is 1. The summed E-state index contributed by atoms with van der Waals surface area (Å²) in [5.74, 6) is 0.481. The molecule has 0 saturated heterocycles. The smallest absolute Gasteiger partial charge is 0.262 e. The normalized spacial score (nSPS) is 11.1. The van der Waals surface area contributed by atoms with Crippen LogP contribution in [-0.2, 0) is 10.0 Å². The molecule has 2 aromatic rings. The van der Waals surface area contributed by atoms with Gasteiger partial charge in [-0.25, -0.2) is 8.42 Å². The Bertz CT molecular complexity index is 686. The lowest BCUT2D eigenvalue weighted by Gasteiger charge is -2.09. The SMILES string of the molecule is COc1cccc(S(=O)(=O)Nc2cccc(Cl)c2)c1. The van der Waals surface area contributed by atoms with Crippen LogP contribution in [-0.4, -0.2) is 15.5 Å². The second kappa shape index (κ2) is 5.50. The van der Waals surface area contributed by atoms with Gasteiger partial charge in [-0.05, 0) is 30.3 Å². The van der Waals surface area contributed by atoms with Crippen LogP contribution in [0, 0.1) is 0 Å².